The van der Waals surface area contributed by atoms with E-state index in [9.17, 15) is 4.79 Å². The van der Waals surface area contributed by atoms with Crippen molar-refractivity contribution in [2.75, 3.05) is 12.4 Å². The molecular weight excluding hydrogens is 396 g/mol. The number of anilines is 1. The first-order chi connectivity index (χ1) is 14.9. The van der Waals surface area contributed by atoms with Crippen LogP contribution in [0, 0.1) is 13.8 Å². The van der Waals surface area contributed by atoms with Crippen LogP contribution in [0.4, 0.5) is 5.82 Å². The highest BCUT2D eigenvalue weighted by molar-refractivity contribution is 6.02. The molecule has 4 rings (SSSR count). The molecule has 0 bridgehead atoms. The Hall–Kier alpha value is -3.20. The van der Waals surface area contributed by atoms with Crippen molar-refractivity contribution < 1.29 is 14.3 Å². The minimum atomic E-state index is -0.259. The van der Waals surface area contributed by atoms with E-state index in [-0.39, 0.29) is 12.0 Å². The van der Waals surface area contributed by atoms with E-state index in [1.54, 1.807) is 31.1 Å². The largest absolute Gasteiger partial charge is 0.488 e. The number of hydrogen-bond acceptors (Lipinski definition) is 6. The van der Waals surface area contributed by atoms with Crippen molar-refractivity contribution in [1.82, 2.24) is 25.0 Å². The molecule has 2 N–H and O–H groups in total. The number of nitrogens with one attached hydrogen (secondary N) is 2. The first-order valence-electron chi connectivity index (χ1n) is 10.4. The lowest BCUT2D eigenvalue weighted by molar-refractivity contribution is 0.101. The van der Waals surface area contributed by atoms with Crippen LogP contribution in [0.5, 0.6) is 5.75 Å². The van der Waals surface area contributed by atoms with E-state index in [2.05, 4.69) is 25.6 Å². The molecule has 9 heteroatoms. The van der Waals surface area contributed by atoms with Crippen molar-refractivity contribution in [3.63, 3.8) is 0 Å². The molecule has 0 aromatic carbocycles. The monoisotopic (exact) mass is 424 g/mol. The van der Waals surface area contributed by atoms with Crippen LogP contribution in [0.1, 0.15) is 58.3 Å². The standard InChI is InChI=1S/C22H28N6O3/c1-13-7-8-23-14(2)21(13)31-17-6-5-15(9-17)18-11-20(26-25-18)24-22(29)19-10-16(12-30-4)27-28(19)3/h7-8,10-11,15,17H,5-6,9,12H2,1-4H3,(H2,24,25,26,29)/t15-,17+/m1/s1. The highest BCUT2D eigenvalue weighted by Gasteiger charge is 2.29. The molecule has 1 aliphatic carbocycles. The van der Waals surface area contributed by atoms with Gasteiger partial charge in [0.1, 0.15) is 11.4 Å². The second kappa shape index (κ2) is 8.89. The highest BCUT2D eigenvalue weighted by Crippen LogP contribution is 2.37. The van der Waals surface area contributed by atoms with Gasteiger partial charge >= 0.3 is 0 Å². The van der Waals surface area contributed by atoms with Gasteiger partial charge in [-0.1, -0.05) is 0 Å². The minimum Gasteiger partial charge on any atom is -0.488 e. The summed E-state index contributed by atoms with van der Waals surface area (Å²) < 4.78 is 12.9. The third-order valence-corrected chi connectivity index (χ3v) is 5.68. The van der Waals surface area contributed by atoms with E-state index in [0.29, 0.717) is 29.7 Å². The van der Waals surface area contributed by atoms with Gasteiger partial charge in [-0.15, -0.1) is 0 Å². The molecular formula is C22H28N6O3. The molecule has 0 unspecified atom stereocenters. The molecule has 3 aromatic rings. The summed E-state index contributed by atoms with van der Waals surface area (Å²) in [5.41, 5.74) is 4.18. The summed E-state index contributed by atoms with van der Waals surface area (Å²) in [4.78, 5) is 16.9. The van der Waals surface area contributed by atoms with Crippen LogP contribution in [-0.2, 0) is 18.4 Å². The number of amides is 1. The average Bonchev–Trinajstić information content (AvgIpc) is 3.45. The van der Waals surface area contributed by atoms with Crippen molar-refractivity contribution in [2.45, 2.75) is 51.7 Å². The van der Waals surface area contributed by atoms with Crippen molar-refractivity contribution in [3.8, 4) is 5.75 Å². The van der Waals surface area contributed by atoms with Crippen LogP contribution in [-0.4, -0.2) is 44.1 Å². The normalized spacial score (nSPS) is 18.3. The van der Waals surface area contributed by atoms with Gasteiger partial charge in [0.25, 0.3) is 5.91 Å². The Kier molecular flexibility index (Phi) is 6.03. The van der Waals surface area contributed by atoms with E-state index >= 15 is 0 Å². The molecule has 1 saturated carbocycles. The molecule has 1 amide bonds. The summed E-state index contributed by atoms with van der Waals surface area (Å²) >= 11 is 0. The average molecular weight is 425 g/mol. The molecule has 3 aromatic heterocycles. The summed E-state index contributed by atoms with van der Waals surface area (Å²) in [5.74, 6) is 1.43. The third kappa shape index (κ3) is 4.61. The maximum atomic E-state index is 12.6. The Morgan fingerprint density at radius 2 is 2.16 bits per heavy atom. The molecule has 0 radical (unpaired) electrons. The van der Waals surface area contributed by atoms with Gasteiger partial charge < -0.3 is 14.8 Å². The van der Waals surface area contributed by atoms with E-state index < -0.39 is 0 Å². The number of H-pyrrole nitrogens is 1. The lowest BCUT2D eigenvalue weighted by atomic mass is 10.0. The van der Waals surface area contributed by atoms with Crippen molar-refractivity contribution in [1.29, 1.82) is 0 Å². The first-order valence-corrected chi connectivity index (χ1v) is 10.4. The van der Waals surface area contributed by atoms with Gasteiger partial charge in [-0.2, -0.15) is 10.2 Å². The van der Waals surface area contributed by atoms with Gasteiger partial charge in [-0.3, -0.25) is 19.6 Å². The van der Waals surface area contributed by atoms with Gasteiger partial charge in [-0.05, 0) is 50.8 Å². The summed E-state index contributed by atoms with van der Waals surface area (Å²) in [6.45, 7) is 4.37. The van der Waals surface area contributed by atoms with Crippen molar-refractivity contribution in [2.24, 2.45) is 7.05 Å². The second-order valence-electron chi connectivity index (χ2n) is 8.03. The summed E-state index contributed by atoms with van der Waals surface area (Å²) in [6.07, 6.45) is 4.81. The Morgan fingerprint density at radius 1 is 1.32 bits per heavy atom. The van der Waals surface area contributed by atoms with Crippen molar-refractivity contribution >= 4 is 11.7 Å². The van der Waals surface area contributed by atoms with Crippen LogP contribution in [0.25, 0.3) is 0 Å². The number of aromatic amines is 1. The molecule has 1 aliphatic rings. The maximum Gasteiger partial charge on any atom is 0.275 e. The molecule has 31 heavy (non-hydrogen) atoms. The molecule has 3 heterocycles. The molecule has 0 saturated heterocycles. The number of methoxy groups -OCH3 is 1. The number of pyridine rings is 1. The number of carbonyl (C=O) groups is 1. The van der Waals surface area contributed by atoms with Crippen LogP contribution < -0.4 is 10.1 Å². The zero-order chi connectivity index (χ0) is 22.0. The maximum absolute atomic E-state index is 12.6. The third-order valence-electron chi connectivity index (χ3n) is 5.68. The fraction of sp³-hybridized carbons (Fsp3) is 0.455. The SMILES string of the molecule is COCc1cc(C(=O)Nc2cc([C@@H]3CC[C@H](Oc4c(C)ccnc4C)C3)[nH]n2)n(C)n1. The predicted octanol–water partition coefficient (Wildman–Crippen LogP) is 3.27. The van der Waals surface area contributed by atoms with Crippen LogP contribution in [0.3, 0.4) is 0 Å². The smallest absolute Gasteiger partial charge is 0.275 e. The highest BCUT2D eigenvalue weighted by atomic mass is 16.5. The van der Waals surface area contributed by atoms with E-state index in [1.165, 1.54) is 0 Å². The second-order valence-corrected chi connectivity index (χ2v) is 8.03. The lowest BCUT2D eigenvalue weighted by Gasteiger charge is -2.17. The predicted molar refractivity (Wildman–Crippen MR) is 115 cm³/mol. The number of carbonyl (C=O) groups excluding carboxylic acids is 1. The molecule has 0 spiro atoms. The number of hydrogen-bond donors (Lipinski definition) is 2. The Balaban J connectivity index is 1.37. The number of rotatable bonds is 7. The topological polar surface area (TPSA) is 107 Å². The fourth-order valence-corrected chi connectivity index (χ4v) is 4.10. The van der Waals surface area contributed by atoms with Gasteiger partial charge in [0.2, 0.25) is 0 Å². The number of aryl methyl sites for hydroxylation is 3. The van der Waals surface area contributed by atoms with Gasteiger partial charge in [0, 0.05) is 38.0 Å². The van der Waals surface area contributed by atoms with Gasteiger partial charge in [-0.25, -0.2) is 0 Å². The van der Waals surface area contributed by atoms with Gasteiger partial charge in [0.05, 0.1) is 24.1 Å². The van der Waals surface area contributed by atoms with Gasteiger partial charge in [0.15, 0.2) is 5.82 Å². The number of ether oxygens (including phenoxy) is 2. The summed E-state index contributed by atoms with van der Waals surface area (Å²) in [5, 5.41) is 14.5. The quantitative estimate of drug-likeness (QED) is 0.603. The zero-order valence-corrected chi connectivity index (χ0v) is 18.3. The zero-order valence-electron chi connectivity index (χ0n) is 18.3. The lowest BCUT2D eigenvalue weighted by Crippen LogP contribution is -2.16. The van der Waals surface area contributed by atoms with Crippen molar-refractivity contribution in [3.05, 3.63) is 52.7 Å². The molecule has 9 nitrogen and oxygen atoms in total. The van der Waals surface area contributed by atoms with E-state index in [0.717, 1.165) is 42.0 Å². The summed E-state index contributed by atoms with van der Waals surface area (Å²) in [7, 11) is 3.33. The summed E-state index contributed by atoms with van der Waals surface area (Å²) in [6, 6.07) is 5.59. The van der Waals surface area contributed by atoms with Crippen LogP contribution in [0.15, 0.2) is 24.4 Å². The first kappa shape index (κ1) is 21.0. The Morgan fingerprint density at radius 3 is 2.94 bits per heavy atom. The molecule has 164 valence electrons. The number of aromatic nitrogens is 5. The Bertz CT molecular complexity index is 1050. The van der Waals surface area contributed by atoms with Crippen LogP contribution >= 0.6 is 0 Å². The molecule has 0 aliphatic heterocycles. The molecule has 2 atom stereocenters. The van der Waals surface area contributed by atoms with Crippen LogP contribution in [0.2, 0.25) is 0 Å². The fourth-order valence-electron chi connectivity index (χ4n) is 4.10. The Labute approximate surface area is 181 Å². The molecule has 1 fully saturated rings. The van der Waals surface area contributed by atoms with E-state index in [4.69, 9.17) is 9.47 Å². The minimum absolute atomic E-state index is 0.140. The van der Waals surface area contributed by atoms with E-state index in [1.807, 2.05) is 26.0 Å². The number of nitrogens with zero attached hydrogens (tertiary/aromatic N) is 4.